The highest BCUT2D eigenvalue weighted by atomic mass is 16.3. The van der Waals surface area contributed by atoms with Crippen molar-refractivity contribution in [3.63, 3.8) is 0 Å². The van der Waals surface area contributed by atoms with Crippen LogP contribution in [0.15, 0.2) is 30.3 Å². The van der Waals surface area contributed by atoms with Gasteiger partial charge in [-0.25, -0.2) is 0 Å². The molecule has 96 valence electrons. The smallest absolute Gasteiger partial charge is 0.0601 e. The Morgan fingerprint density at radius 3 is 2.47 bits per heavy atom. The molecule has 0 fully saturated rings. The first-order valence-corrected chi connectivity index (χ1v) is 6.29. The molecule has 0 spiro atoms. The summed E-state index contributed by atoms with van der Waals surface area (Å²) in [6.45, 7) is 3.10. The van der Waals surface area contributed by atoms with E-state index in [0.717, 1.165) is 19.4 Å². The average Bonchev–Trinajstić information content (AvgIpc) is 2.38. The number of nitrogens with two attached hydrogens (primary N) is 1. The normalized spacial score (nSPS) is 14.9. The average molecular weight is 236 g/mol. The summed E-state index contributed by atoms with van der Waals surface area (Å²) in [7, 11) is 2.03. The summed E-state index contributed by atoms with van der Waals surface area (Å²) < 4.78 is 0. The number of nitrogens with zero attached hydrogens (tertiary/aromatic N) is 1. The number of rotatable bonds is 7. The fourth-order valence-electron chi connectivity index (χ4n) is 1.99. The molecule has 3 heteroatoms. The highest BCUT2D eigenvalue weighted by Crippen LogP contribution is 2.06. The highest BCUT2D eigenvalue weighted by Gasteiger charge is 2.19. The molecule has 17 heavy (non-hydrogen) atoms. The van der Waals surface area contributed by atoms with Gasteiger partial charge < -0.3 is 10.8 Å². The summed E-state index contributed by atoms with van der Waals surface area (Å²) in [5.41, 5.74) is 7.32. The van der Waals surface area contributed by atoms with Gasteiger partial charge in [-0.2, -0.15) is 0 Å². The van der Waals surface area contributed by atoms with Crippen molar-refractivity contribution in [1.82, 2.24) is 4.90 Å². The van der Waals surface area contributed by atoms with Crippen LogP contribution in [-0.2, 0) is 6.42 Å². The van der Waals surface area contributed by atoms with E-state index in [4.69, 9.17) is 5.73 Å². The van der Waals surface area contributed by atoms with Crippen LogP contribution in [0, 0.1) is 0 Å². The van der Waals surface area contributed by atoms with E-state index < -0.39 is 0 Å². The van der Waals surface area contributed by atoms with Gasteiger partial charge in [0.2, 0.25) is 0 Å². The highest BCUT2D eigenvalue weighted by molar-refractivity contribution is 5.14. The fourth-order valence-corrected chi connectivity index (χ4v) is 1.99. The van der Waals surface area contributed by atoms with Gasteiger partial charge >= 0.3 is 0 Å². The predicted octanol–water partition coefficient (Wildman–Crippen LogP) is 1.26. The maximum atomic E-state index is 9.37. The van der Waals surface area contributed by atoms with Gasteiger partial charge in [0.25, 0.3) is 0 Å². The maximum Gasteiger partial charge on any atom is 0.0601 e. The molecular formula is C14H24N2O. The number of aliphatic hydroxyl groups excluding tert-OH is 1. The van der Waals surface area contributed by atoms with Crippen molar-refractivity contribution in [2.75, 3.05) is 20.2 Å². The summed E-state index contributed by atoms with van der Waals surface area (Å²) in [5.74, 6) is 0. The lowest BCUT2D eigenvalue weighted by Gasteiger charge is -2.30. The van der Waals surface area contributed by atoms with E-state index in [1.807, 2.05) is 13.1 Å². The monoisotopic (exact) mass is 236 g/mol. The molecule has 0 saturated carbocycles. The van der Waals surface area contributed by atoms with Gasteiger partial charge in [0, 0.05) is 18.6 Å². The molecule has 0 aliphatic heterocycles. The van der Waals surface area contributed by atoms with E-state index in [-0.39, 0.29) is 18.7 Å². The second kappa shape index (κ2) is 7.43. The van der Waals surface area contributed by atoms with Gasteiger partial charge in [-0.1, -0.05) is 37.3 Å². The number of benzene rings is 1. The third-order valence-electron chi connectivity index (χ3n) is 3.31. The predicted molar refractivity (Wildman–Crippen MR) is 71.9 cm³/mol. The minimum absolute atomic E-state index is 0.0424. The molecule has 0 aliphatic carbocycles. The Hall–Kier alpha value is -0.900. The van der Waals surface area contributed by atoms with Crippen molar-refractivity contribution in [3.8, 4) is 0 Å². The second-order valence-electron chi connectivity index (χ2n) is 4.54. The second-order valence-corrected chi connectivity index (χ2v) is 4.54. The molecule has 0 heterocycles. The Morgan fingerprint density at radius 1 is 1.29 bits per heavy atom. The summed E-state index contributed by atoms with van der Waals surface area (Å²) in [6, 6.07) is 10.5. The molecule has 0 aliphatic rings. The van der Waals surface area contributed by atoms with Crippen LogP contribution in [0.25, 0.3) is 0 Å². The van der Waals surface area contributed by atoms with Gasteiger partial charge in [0.15, 0.2) is 0 Å². The molecule has 2 atom stereocenters. The zero-order valence-electron chi connectivity index (χ0n) is 10.8. The minimum Gasteiger partial charge on any atom is -0.395 e. The molecular weight excluding hydrogens is 212 g/mol. The summed E-state index contributed by atoms with van der Waals surface area (Å²) >= 11 is 0. The van der Waals surface area contributed by atoms with Gasteiger partial charge in [-0.3, -0.25) is 4.90 Å². The van der Waals surface area contributed by atoms with E-state index >= 15 is 0 Å². The zero-order chi connectivity index (χ0) is 12.7. The first kappa shape index (κ1) is 14.2. The molecule has 0 aromatic heterocycles. The lowest BCUT2D eigenvalue weighted by molar-refractivity contribution is 0.126. The first-order chi connectivity index (χ1) is 8.19. The number of hydrogen-bond donors (Lipinski definition) is 2. The van der Waals surface area contributed by atoms with E-state index in [0.29, 0.717) is 0 Å². The van der Waals surface area contributed by atoms with Crippen LogP contribution in [0.4, 0.5) is 0 Å². The van der Waals surface area contributed by atoms with Crippen molar-refractivity contribution in [2.45, 2.75) is 31.8 Å². The zero-order valence-corrected chi connectivity index (χ0v) is 10.8. The molecule has 3 N–H and O–H groups in total. The maximum absolute atomic E-state index is 9.37. The van der Waals surface area contributed by atoms with Crippen LogP contribution in [0.1, 0.15) is 18.9 Å². The van der Waals surface area contributed by atoms with Crippen molar-refractivity contribution >= 4 is 0 Å². The van der Waals surface area contributed by atoms with Crippen molar-refractivity contribution < 1.29 is 5.11 Å². The molecule has 0 radical (unpaired) electrons. The van der Waals surface area contributed by atoms with Crippen LogP contribution in [0.3, 0.4) is 0 Å². The lowest BCUT2D eigenvalue weighted by Crippen LogP contribution is -2.48. The molecule has 1 aromatic carbocycles. The van der Waals surface area contributed by atoms with Crippen LogP contribution in [0.5, 0.6) is 0 Å². The summed E-state index contributed by atoms with van der Waals surface area (Å²) in [6.07, 6.45) is 1.88. The summed E-state index contributed by atoms with van der Waals surface area (Å²) in [4.78, 5) is 2.15. The van der Waals surface area contributed by atoms with Crippen LogP contribution >= 0.6 is 0 Å². The van der Waals surface area contributed by atoms with Crippen LogP contribution < -0.4 is 5.73 Å². The molecule has 1 aromatic rings. The molecule has 0 bridgehead atoms. The number of likely N-dealkylation sites (N-methyl/N-ethyl adjacent to an activating group) is 1. The molecule has 0 saturated heterocycles. The molecule has 2 unspecified atom stereocenters. The Morgan fingerprint density at radius 2 is 1.94 bits per heavy atom. The van der Waals surface area contributed by atoms with E-state index in [1.165, 1.54) is 5.56 Å². The number of hydrogen-bond acceptors (Lipinski definition) is 3. The first-order valence-electron chi connectivity index (χ1n) is 6.29. The molecule has 0 amide bonds. The Kier molecular flexibility index (Phi) is 6.19. The Balaban J connectivity index is 2.45. The van der Waals surface area contributed by atoms with Gasteiger partial charge in [0.1, 0.15) is 0 Å². The van der Waals surface area contributed by atoms with Gasteiger partial charge in [-0.15, -0.1) is 0 Å². The van der Waals surface area contributed by atoms with Crippen molar-refractivity contribution in [1.29, 1.82) is 0 Å². The summed E-state index contributed by atoms with van der Waals surface area (Å²) in [5, 5.41) is 9.37. The topological polar surface area (TPSA) is 49.5 Å². The van der Waals surface area contributed by atoms with Crippen LogP contribution in [-0.4, -0.2) is 42.3 Å². The molecule has 1 rings (SSSR count). The van der Waals surface area contributed by atoms with E-state index in [2.05, 4.69) is 36.1 Å². The van der Waals surface area contributed by atoms with Gasteiger partial charge in [0.05, 0.1) is 6.61 Å². The van der Waals surface area contributed by atoms with E-state index in [9.17, 15) is 5.11 Å². The number of aliphatic hydroxyl groups is 1. The van der Waals surface area contributed by atoms with Crippen LogP contribution in [0.2, 0.25) is 0 Å². The Labute approximate surface area is 104 Å². The third kappa shape index (κ3) is 4.46. The lowest BCUT2D eigenvalue weighted by atomic mass is 10.1. The SMILES string of the molecule is CCC(N)C(CO)N(C)CCc1ccccc1. The minimum atomic E-state index is 0.0424. The Bertz CT molecular complexity index is 302. The molecule has 3 nitrogen and oxygen atoms in total. The third-order valence-corrected chi connectivity index (χ3v) is 3.31. The van der Waals surface area contributed by atoms with Gasteiger partial charge in [-0.05, 0) is 25.5 Å². The van der Waals surface area contributed by atoms with Crippen molar-refractivity contribution in [2.24, 2.45) is 5.73 Å². The fraction of sp³-hybridized carbons (Fsp3) is 0.571. The van der Waals surface area contributed by atoms with Crippen molar-refractivity contribution in [3.05, 3.63) is 35.9 Å². The quantitative estimate of drug-likeness (QED) is 0.749. The standard InChI is InChI=1S/C14H24N2O/c1-3-13(15)14(11-17)16(2)10-9-12-7-5-4-6-8-12/h4-8,13-14,17H,3,9-11,15H2,1-2H3. The largest absolute Gasteiger partial charge is 0.395 e. The van der Waals surface area contributed by atoms with E-state index in [1.54, 1.807) is 0 Å².